The summed E-state index contributed by atoms with van der Waals surface area (Å²) in [6.07, 6.45) is 0. The van der Waals surface area contributed by atoms with Crippen molar-refractivity contribution in [2.24, 2.45) is 0 Å². The van der Waals surface area contributed by atoms with Gasteiger partial charge in [0.2, 0.25) is 10.0 Å². The molecular weight excluding hydrogens is 426 g/mol. The van der Waals surface area contributed by atoms with Gasteiger partial charge in [0, 0.05) is 12.3 Å². The summed E-state index contributed by atoms with van der Waals surface area (Å²) in [5.74, 6) is 2.10. The van der Waals surface area contributed by atoms with Crippen LogP contribution < -0.4 is 9.47 Å². The molecule has 1 fully saturated rings. The number of sulfonamides is 1. The van der Waals surface area contributed by atoms with Gasteiger partial charge in [-0.2, -0.15) is 4.31 Å². The predicted octanol–water partition coefficient (Wildman–Crippen LogP) is 3.90. The molecular formula is C17H18BrNO4S2. The van der Waals surface area contributed by atoms with Crippen LogP contribution in [0.4, 0.5) is 0 Å². The molecule has 1 aliphatic heterocycles. The number of benzene rings is 2. The van der Waals surface area contributed by atoms with E-state index < -0.39 is 10.0 Å². The van der Waals surface area contributed by atoms with Gasteiger partial charge in [-0.05, 0) is 57.9 Å². The zero-order valence-electron chi connectivity index (χ0n) is 13.8. The smallest absolute Gasteiger partial charge is 0.244 e. The third-order valence-electron chi connectivity index (χ3n) is 3.98. The molecule has 1 heterocycles. The van der Waals surface area contributed by atoms with Crippen LogP contribution in [-0.4, -0.2) is 39.2 Å². The highest BCUT2D eigenvalue weighted by Gasteiger charge is 2.37. The van der Waals surface area contributed by atoms with E-state index in [2.05, 4.69) is 15.9 Å². The fourth-order valence-corrected chi connectivity index (χ4v) is 6.47. The quantitative estimate of drug-likeness (QED) is 0.700. The number of halogens is 1. The van der Waals surface area contributed by atoms with E-state index in [0.717, 1.165) is 21.5 Å². The van der Waals surface area contributed by atoms with Crippen LogP contribution in [0, 0.1) is 0 Å². The Hall–Kier alpha value is -1.22. The molecule has 0 N–H and O–H groups in total. The highest BCUT2D eigenvalue weighted by Crippen LogP contribution is 2.43. The fourth-order valence-electron chi connectivity index (χ4n) is 2.68. The minimum atomic E-state index is -3.58. The van der Waals surface area contributed by atoms with Gasteiger partial charge in [-0.25, -0.2) is 8.42 Å². The molecule has 8 heteroatoms. The molecule has 1 aliphatic rings. The highest BCUT2D eigenvalue weighted by atomic mass is 79.9. The first-order valence-corrected chi connectivity index (χ1v) is 10.9. The Balaban J connectivity index is 1.93. The number of methoxy groups -OCH3 is 2. The van der Waals surface area contributed by atoms with Gasteiger partial charge in [-0.1, -0.05) is 6.07 Å². The van der Waals surface area contributed by atoms with Gasteiger partial charge in [-0.3, -0.25) is 0 Å². The summed E-state index contributed by atoms with van der Waals surface area (Å²) in [5, 5.41) is -0.255. The van der Waals surface area contributed by atoms with E-state index in [1.54, 1.807) is 54.6 Å². The normalized spacial score (nSPS) is 18.3. The number of nitrogens with zero attached hydrogens (tertiary/aromatic N) is 1. The lowest BCUT2D eigenvalue weighted by atomic mass is 10.2. The van der Waals surface area contributed by atoms with Gasteiger partial charge in [-0.15, -0.1) is 11.8 Å². The maximum atomic E-state index is 13.1. The Morgan fingerprint density at radius 2 is 1.84 bits per heavy atom. The molecule has 0 aliphatic carbocycles. The second-order valence-corrected chi connectivity index (χ2v) is 9.34. The van der Waals surface area contributed by atoms with Crippen LogP contribution in [0.15, 0.2) is 51.8 Å². The first kappa shape index (κ1) is 18.6. The lowest BCUT2D eigenvalue weighted by Gasteiger charge is -2.24. The number of rotatable bonds is 5. The molecule has 0 saturated carbocycles. The standard InChI is InChI=1S/C17H18BrNO4S2/c1-22-13-4-6-14(7-5-13)25(20,21)19-9-10-24-17(19)12-3-8-16(23-2)15(18)11-12/h3-8,11,17H,9-10H2,1-2H3/t17-/m0/s1. The van der Waals surface area contributed by atoms with E-state index in [0.29, 0.717) is 12.3 Å². The van der Waals surface area contributed by atoms with Crippen molar-refractivity contribution in [3.63, 3.8) is 0 Å². The lowest BCUT2D eigenvalue weighted by Crippen LogP contribution is -2.30. The molecule has 134 valence electrons. The molecule has 0 spiro atoms. The minimum Gasteiger partial charge on any atom is -0.497 e. The molecule has 25 heavy (non-hydrogen) atoms. The van der Waals surface area contributed by atoms with Crippen LogP contribution in [0.2, 0.25) is 0 Å². The topological polar surface area (TPSA) is 55.8 Å². The van der Waals surface area contributed by atoms with E-state index >= 15 is 0 Å². The Morgan fingerprint density at radius 1 is 1.12 bits per heavy atom. The summed E-state index contributed by atoms with van der Waals surface area (Å²) in [7, 11) is -0.424. The predicted molar refractivity (Wildman–Crippen MR) is 103 cm³/mol. The Labute approximate surface area is 160 Å². The number of ether oxygens (including phenoxy) is 2. The van der Waals surface area contributed by atoms with Gasteiger partial charge >= 0.3 is 0 Å². The molecule has 1 atom stereocenters. The van der Waals surface area contributed by atoms with Gasteiger partial charge in [0.25, 0.3) is 0 Å². The second kappa shape index (κ2) is 7.57. The summed E-state index contributed by atoms with van der Waals surface area (Å²) in [5.41, 5.74) is 0.923. The van der Waals surface area contributed by atoms with Gasteiger partial charge in [0.15, 0.2) is 0 Å². The van der Waals surface area contributed by atoms with E-state index in [-0.39, 0.29) is 10.3 Å². The van der Waals surface area contributed by atoms with Crippen LogP contribution >= 0.6 is 27.7 Å². The number of thioether (sulfide) groups is 1. The average molecular weight is 444 g/mol. The lowest BCUT2D eigenvalue weighted by molar-refractivity contribution is 0.410. The van der Waals surface area contributed by atoms with Crippen molar-refractivity contribution < 1.29 is 17.9 Å². The largest absolute Gasteiger partial charge is 0.497 e. The van der Waals surface area contributed by atoms with Crippen molar-refractivity contribution in [3.05, 3.63) is 52.5 Å². The van der Waals surface area contributed by atoms with E-state index in [1.807, 2.05) is 18.2 Å². The van der Waals surface area contributed by atoms with Crippen molar-refractivity contribution in [2.45, 2.75) is 10.3 Å². The molecule has 0 unspecified atom stereocenters. The fraction of sp³-hybridized carbons (Fsp3) is 0.294. The van der Waals surface area contributed by atoms with Crippen LogP contribution in [0.3, 0.4) is 0 Å². The van der Waals surface area contributed by atoms with E-state index in [4.69, 9.17) is 9.47 Å². The van der Waals surface area contributed by atoms with Gasteiger partial charge in [0.05, 0.1) is 29.0 Å². The molecule has 0 bridgehead atoms. The summed E-state index contributed by atoms with van der Waals surface area (Å²) in [4.78, 5) is 0.272. The van der Waals surface area contributed by atoms with Gasteiger partial charge < -0.3 is 9.47 Å². The third-order valence-corrected chi connectivity index (χ3v) is 7.87. The Morgan fingerprint density at radius 3 is 2.44 bits per heavy atom. The van der Waals surface area contributed by atoms with Crippen molar-refractivity contribution in [3.8, 4) is 11.5 Å². The van der Waals surface area contributed by atoms with Gasteiger partial charge in [0.1, 0.15) is 11.5 Å². The van der Waals surface area contributed by atoms with Crippen LogP contribution in [-0.2, 0) is 10.0 Å². The maximum Gasteiger partial charge on any atom is 0.244 e. The second-order valence-electron chi connectivity index (χ2n) is 5.41. The molecule has 2 aromatic carbocycles. The van der Waals surface area contributed by atoms with Crippen LogP contribution in [0.1, 0.15) is 10.9 Å². The monoisotopic (exact) mass is 443 g/mol. The molecule has 0 aromatic heterocycles. The Bertz CT molecular complexity index is 855. The van der Waals surface area contributed by atoms with Crippen molar-refractivity contribution in [1.29, 1.82) is 0 Å². The zero-order chi connectivity index (χ0) is 18.0. The summed E-state index contributed by atoms with van der Waals surface area (Å²) < 4.78 is 38.8. The van der Waals surface area contributed by atoms with E-state index in [1.165, 1.54) is 0 Å². The third kappa shape index (κ3) is 3.67. The van der Waals surface area contributed by atoms with Crippen LogP contribution in [0.5, 0.6) is 11.5 Å². The molecule has 2 aromatic rings. The Kier molecular flexibility index (Phi) is 5.62. The molecule has 1 saturated heterocycles. The summed E-state index contributed by atoms with van der Waals surface area (Å²) >= 11 is 5.08. The van der Waals surface area contributed by atoms with E-state index in [9.17, 15) is 8.42 Å². The molecule has 3 rings (SSSR count). The molecule has 5 nitrogen and oxygen atoms in total. The molecule has 0 amide bonds. The van der Waals surface area contributed by atoms with Crippen LogP contribution in [0.25, 0.3) is 0 Å². The summed E-state index contributed by atoms with van der Waals surface area (Å²) in [6.45, 7) is 0.480. The SMILES string of the molecule is COc1ccc(S(=O)(=O)N2CCS[C@H]2c2ccc(OC)c(Br)c2)cc1. The van der Waals surface area contributed by atoms with Crippen molar-refractivity contribution >= 4 is 37.7 Å². The zero-order valence-corrected chi connectivity index (χ0v) is 17.0. The van der Waals surface area contributed by atoms with Crippen molar-refractivity contribution in [2.75, 3.05) is 26.5 Å². The number of hydrogen-bond acceptors (Lipinski definition) is 5. The minimum absolute atomic E-state index is 0.255. The molecule has 0 radical (unpaired) electrons. The average Bonchev–Trinajstić information content (AvgIpc) is 3.12. The van der Waals surface area contributed by atoms with Crippen molar-refractivity contribution in [1.82, 2.24) is 4.31 Å². The first-order valence-electron chi connectivity index (χ1n) is 7.58. The highest BCUT2D eigenvalue weighted by molar-refractivity contribution is 9.10. The summed E-state index contributed by atoms with van der Waals surface area (Å²) in [6, 6.07) is 12.2. The number of hydrogen-bond donors (Lipinski definition) is 0. The maximum absolute atomic E-state index is 13.1. The first-order chi connectivity index (χ1) is 12.0.